The molecule has 0 aliphatic rings. The Morgan fingerprint density at radius 2 is 2.00 bits per heavy atom. The summed E-state index contributed by atoms with van der Waals surface area (Å²) in [6.07, 6.45) is 6.62. The Kier molecular flexibility index (Phi) is 13.8. The van der Waals surface area contributed by atoms with Crippen molar-refractivity contribution in [3.05, 3.63) is 0 Å². The fraction of sp³-hybridized carbons (Fsp3) is 1.00. The van der Waals surface area contributed by atoms with Crippen molar-refractivity contribution < 1.29 is 9.84 Å². The molecule has 0 saturated carbocycles. The van der Waals surface area contributed by atoms with Gasteiger partial charge in [-0.25, -0.2) is 0 Å². The number of aliphatic hydroxyl groups is 1. The van der Waals surface area contributed by atoms with Crippen LogP contribution in [0.15, 0.2) is 0 Å². The van der Waals surface area contributed by atoms with Gasteiger partial charge in [0.2, 0.25) is 0 Å². The molecule has 3 nitrogen and oxygen atoms in total. The summed E-state index contributed by atoms with van der Waals surface area (Å²) in [6, 6.07) is 0. The highest BCUT2D eigenvalue weighted by atomic mass is 32.2. The van der Waals surface area contributed by atoms with Gasteiger partial charge in [-0.15, -0.1) is 0 Å². The van der Waals surface area contributed by atoms with E-state index >= 15 is 0 Å². The van der Waals surface area contributed by atoms with Gasteiger partial charge >= 0.3 is 0 Å². The van der Waals surface area contributed by atoms with Gasteiger partial charge < -0.3 is 15.2 Å². The molecule has 0 aromatic heterocycles. The Balaban J connectivity index is 3.24. The molecule has 2 atom stereocenters. The Morgan fingerprint density at radius 1 is 1.22 bits per heavy atom. The molecule has 18 heavy (non-hydrogen) atoms. The Bertz CT molecular complexity index is 170. The fourth-order valence-corrected chi connectivity index (χ4v) is 2.44. The lowest BCUT2D eigenvalue weighted by molar-refractivity contribution is 0.0352. The number of thioether (sulfide) groups is 1. The molecule has 0 saturated heterocycles. The quantitative estimate of drug-likeness (QED) is 0.508. The molecule has 0 heterocycles. The minimum absolute atomic E-state index is 0.377. The van der Waals surface area contributed by atoms with Crippen molar-refractivity contribution in [2.24, 2.45) is 5.92 Å². The maximum absolute atomic E-state index is 9.70. The maximum Gasteiger partial charge on any atom is 0.0897 e. The highest BCUT2D eigenvalue weighted by Crippen LogP contribution is 2.02. The first kappa shape index (κ1) is 18.2. The Labute approximate surface area is 117 Å². The minimum atomic E-state index is -0.377. The van der Waals surface area contributed by atoms with Crippen molar-refractivity contribution >= 4 is 11.8 Å². The number of aliphatic hydroxyl groups excluding tert-OH is 1. The van der Waals surface area contributed by atoms with Gasteiger partial charge in [0.25, 0.3) is 0 Å². The van der Waals surface area contributed by atoms with E-state index in [1.807, 2.05) is 11.8 Å². The summed E-state index contributed by atoms with van der Waals surface area (Å²) in [4.78, 5) is 0. The molecule has 0 aliphatic heterocycles. The van der Waals surface area contributed by atoms with Crippen LogP contribution in [0.1, 0.15) is 39.5 Å². The zero-order valence-corrected chi connectivity index (χ0v) is 13.1. The summed E-state index contributed by atoms with van der Waals surface area (Å²) >= 11 is 1.86. The molecule has 0 amide bonds. The van der Waals surface area contributed by atoms with Crippen LogP contribution < -0.4 is 5.32 Å². The SMILES string of the molecule is CCCCCCOCC(O)CNCC(C)CSC. The molecule has 0 bridgehead atoms. The van der Waals surface area contributed by atoms with E-state index in [0.717, 1.165) is 25.3 Å². The highest BCUT2D eigenvalue weighted by molar-refractivity contribution is 7.98. The van der Waals surface area contributed by atoms with Gasteiger partial charge in [0, 0.05) is 13.2 Å². The largest absolute Gasteiger partial charge is 0.389 e. The highest BCUT2D eigenvalue weighted by Gasteiger charge is 2.05. The van der Waals surface area contributed by atoms with Crippen molar-refractivity contribution in [2.75, 3.05) is 38.3 Å². The number of nitrogens with one attached hydrogen (secondary N) is 1. The summed E-state index contributed by atoms with van der Waals surface area (Å²) < 4.78 is 5.45. The van der Waals surface area contributed by atoms with Gasteiger partial charge in [-0.05, 0) is 30.9 Å². The van der Waals surface area contributed by atoms with Gasteiger partial charge in [0.05, 0.1) is 12.7 Å². The molecule has 0 radical (unpaired) electrons. The maximum atomic E-state index is 9.70. The zero-order valence-electron chi connectivity index (χ0n) is 12.3. The van der Waals surface area contributed by atoms with E-state index in [0.29, 0.717) is 19.1 Å². The van der Waals surface area contributed by atoms with E-state index < -0.39 is 0 Å². The van der Waals surface area contributed by atoms with Gasteiger partial charge in [0.15, 0.2) is 0 Å². The monoisotopic (exact) mass is 277 g/mol. The average Bonchev–Trinajstić information content (AvgIpc) is 2.34. The molecule has 0 aromatic rings. The van der Waals surface area contributed by atoms with E-state index in [-0.39, 0.29) is 6.10 Å². The van der Waals surface area contributed by atoms with E-state index in [4.69, 9.17) is 4.74 Å². The van der Waals surface area contributed by atoms with Crippen LogP contribution in [0.4, 0.5) is 0 Å². The molecular weight excluding hydrogens is 246 g/mol. The van der Waals surface area contributed by atoms with E-state index in [1.165, 1.54) is 19.3 Å². The summed E-state index contributed by atoms with van der Waals surface area (Å²) in [6.45, 7) is 7.26. The number of ether oxygens (including phenoxy) is 1. The molecule has 0 aromatic carbocycles. The van der Waals surface area contributed by atoms with Crippen molar-refractivity contribution in [3.63, 3.8) is 0 Å². The summed E-state index contributed by atoms with van der Waals surface area (Å²) in [5, 5.41) is 13.0. The first-order valence-corrected chi connectivity index (χ1v) is 8.55. The molecule has 0 spiro atoms. The molecular formula is C14H31NO2S. The van der Waals surface area contributed by atoms with Gasteiger partial charge in [-0.1, -0.05) is 33.1 Å². The van der Waals surface area contributed by atoms with Crippen LogP contribution in [-0.2, 0) is 4.74 Å². The smallest absolute Gasteiger partial charge is 0.0897 e. The van der Waals surface area contributed by atoms with Crippen molar-refractivity contribution in [1.82, 2.24) is 5.32 Å². The molecule has 0 fully saturated rings. The van der Waals surface area contributed by atoms with E-state index in [1.54, 1.807) is 0 Å². The summed E-state index contributed by atoms with van der Waals surface area (Å²) in [5.41, 5.74) is 0. The predicted octanol–water partition coefficient (Wildman–Crippen LogP) is 2.53. The second-order valence-electron chi connectivity index (χ2n) is 5.01. The Morgan fingerprint density at radius 3 is 2.67 bits per heavy atom. The topological polar surface area (TPSA) is 41.5 Å². The lowest BCUT2D eigenvalue weighted by Crippen LogP contribution is -2.33. The van der Waals surface area contributed by atoms with Gasteiger partial charge in [0.1, 0.15) is 0 Å². The average molecular weight is 277 g/mol. The number of hydrogen-bond acceptors (Lipinski definition) is 4. The van der Waals surface area contributed by atoms with Crippen LogP contribution in [0.5, 0.6) is 0 Å². The van der Waals surface area contributed by atoms with E-state index in [9.17, 15) is 5.11 Å². The molecule has 2 unspecified atom stereocenters. The normalized spacial score (nSPS) is 14.7. The first-order chi connectivity index (χ1) is 8.70. The van der Waals surface area contributed by atoms with Crippen LogP contribution in [0, 0.1) is 5.92 Å². The van der Waals surface area contributed by atoms with Crippen LogP contribution in [0.25, 0.3) is 0 Å². The van der Waals surface area contributed by atoms with Gasteiger partial charge in [-0.2, -0.15) is 11.8 Å². The number of hydrogen-bond donors (Lipinski definition) is 2. The summed E-state index contributed by atoms with van der Waals surface area (Å²) in [5.74, 6) is 1.82. The second kappa shape index (κ2) is 13.7. The molecule has 0 rings (SSSR count). The van der Waals surface area contributed by atoms with Crippen LogP contribution >= 0.6 is 11.8 Å². The third-order valence-electron chi connectivity index (χ3n) is 2.78. The second-order valence-corrected chi connectivity index (χ2v) is 5.92. The number of rotatable bonds is 13. The molecule has 4 heteroatoms. The summed E-state index contributed by atoms with van der Waals surface area (Å²) in [7, 11) is 0. The lowest BCUT2D eigenvalue weighted by Gasteiger charge is -2.15. The predicted molar refractivity (Wildman–Crippen MR) is 81.4 cm³/mol. The minimum Gasteiger partial charge on any atom is -0.389 e. The molecule has 110 valence electrons. The van der Waals surface area contributed by atoms with Crippen LogP contribution in [0.3, 0.4) is 0 Å². The Hall–Kier alpha value is 0.230. The van der Waals surface area contributed by atoms with Crippen LogP contribution in [0.2, 0.25) is 0 Å². The lowest BCUT2D eigenvalue weighted by atomic mass is 10.2. The van der Waals surface area contributed by atoms with Crippen molar-refractivity contribution in [2.45, 2.75) is 45.6 Å². The zero-order chi connectivity index (χ0) is 13.6. The third kappa shape index (κ3) is 12.7. The van der Waals surface area contributed by atoms with Crippen molar-refractivity contribution in [3.8, 4) is 0 Å². The van der Waals surface area contributed by atoms with E-state index in [2.05, 4.69) is 25.4 Å². The standard InChI is InChI=1S/C14H31NO2S/c1-4-5-6-7-8-17-11-14(16)10-15-9-13(2)12-18-3/h13-16H,4-12H2,1-3H3. The van der Waals surface area contributed by atoms with Crippen molar-refractivity contribution in [1.29, 1.82) is 0 Å². The first-order valence-electron chi connectivity index (χ1n) is 7.16. The third-order valence-corrected chi connectivity index (χ3v) is 3.68. The number of unbranched alkanes of at least 4 members (excludes halogenated alkanes) is 3. The molecule has 2 N–H and O–H groups in total. The van der Waals surface area contributed by atoms with Crippen LogP contribution in [-0.4, -0.2) is 49.5 Å². The fourth-order valence-electron chi connectivity index (χ4n) is 1.75. The molecule has 0 aliphatic carbocycles. The van der Waals surface area contributed by atoms with Gasteiger partial charge in [-0.3, -0.25) is 0 Å².